The fourth-order valence-electron chi connectivity index (χ4n) is 2.96. The summed E-state index contributed by atoms with van der Waals surface area (Å²) in [4.78, 5) is 12.7. The zero-order valence-electron chi connectivity index (χ0n) is 14.8. The van der Waals surface area contributed by atoms with E-state index in [1.807, 2.05) is 66.7 Å². The third-order valence-corrected chi connectivity index (χ3v) is 4.84. The maximum absolute atomic E-state index is 12.7. The fourth-order valence-corrected chi connectivity index (χ4v) is 3.09. The van der Waals surface area contributed by atoms with Crippen molar-refractivity contribution in [3.05, 3.63) is 83.1 Å². The van der Waals surface area contributed by atoms with Gasteiger partial charge in [-0.25, -0.2) is 0 Å². The maximum atomic E-state index is 12.7. The van der Waals surface area contributed by atoms with E-state index in [1.165, 1.54) is 0 Å². The van der Waals surface area contributed by atoms with Crippen molar-refractivity contribution in [2.75, 3.05) is 0 Å². The lowest BCUT2D eigenvalue weighted by Crippen LogP contribution is -2.38. The highest BCUT2D eigenvalue weighted by molar-refractivity contribution is 6.30. The normalized spacial score (nSPS) is 14.7. The molecule has 0 aliphatic heterocycles. The van der Waals surface area contributed by atoms with Crippen LogP contribution in [0.2, 0.25) is 5.02 Å². The number of halogens is 1. The number of furan rings is 1. The molecule has 0 spiro atoms. The lowest BCUT2D eigenvalue weighted by Gasteiger charge is -2.18. The summed E-state index contributed by atoms with van der Waals surface area (Å²) < 4.78 is 5.93. The molecule has 4 nitrogen and oxygen atoms in total. The lowest BCUT2D eigenvalue weighted by atomic mass is 10.1. The topological polar surface area (TPSA) is 54.3 Å². The van der Waals surface area contributed by atoms with Crippen LogP contribution in [0, 0.1) is 0 Å². The molecule has 27 heavy (non-hydrogen) atoms. The average molecular weight is 381 g/mol. The minimum Gasteiger partial charge on any atom is -0.460 e. The van der Waals surface area contributed by atoms with E-state index in [1.54, 1.807) is 0 Å². The van der Waals surface area contributed by atoms with E-state index in [9.17, 15) is 4.79 Å². The van der Waals surface area contributed by atoms with Gasteiger partial charge in [0, 0.05) is 16.6 Å². The summed E-state index contributed by atoms with van der Waals surface area (Å²) in [6, 6.07) is 21.1. The van der Waals surface area contributed by atoms with E-state index in [0.717, 1.165) is 35.5 Å². The highest BCUT2D eigenvalue weighted by atomic mass is 35.5. The van der Waals surface area contributed by atoms with Crippen molar-refractivity contribution >= 4 is 17.5 Å². The second-order valence-corrected chi connectivity index (χ2v) is 7.22. The summed E-state index contributed by atoms with van der Waals surface area (Å²) in [5, 5.41) is 7.11. The summed E-state index contributed by atoms with van der Waals surface area (Å²) in [5.74, 6) is 1.57. The van der Waals surface area contributed by atoms with Gasteiger partial charge in [0.1, 0.15) is 17.6 Å². The van der Waals surface area contributed by atoms with Gasteiger partial charge in [0.25, 0.3) is 0 Å². The smallest absolute Gasteiger partial charge is 0.241 e. The quantitative estimate of drug-likeness (QED) is 0.624. The largest absolute Gasteiger partial charge is 0.460 e. The first-order valence-corrected chi connectivity index (χ1v) is 9.50. The lowest BCUT2D eigenvalue weighted by molar-refractivity contribution is -0.123. The van der Waals surface area contributed by atoms with Crippen LogP contribution < -0.4 is 10.6 Å². The highest BCUT2D eigenvalue weighted by Crippen LogP contribution is 2.25. The predicted molar refractivity (Wildman–Crippen MR) is 106 cm³/mol. The molecule has 3 aromatic rings. The number of amides is 1. The first-order valence-electron chi connectivity index (χ1n) is 9.12. The van der Waals surface area contributed by atoms with Crippen molar-refractivity contribution in [1.29, 1.82) is 0 Å². The molecule has 0 saturated heterocycles. The van der Waals surface area contributed by atoms with Crippen molar-refractivity contribution in [1.82, 2.24) is 10.6 Å². The van der Waals surface area contributed by atoms with E-state index in [-0.39, 0.29) is 5.91 Å². The summed E-state index contributed by atoms with van der Waals surface area (Å²) in [6.45, 7) is 0.464. The molecule has 0 unspecified atom stereocenters. The highest BCUT2D eigenvalue weighted by Gasteiger charge is 2.28. The van der Waals surface area contributed by atoms with Gasteiger partial charge in [-0.2, -0.15) is 0 Å². The molecule has 1 atom stereocenters. The van der Waals surface area contributed by atoms with Gasteiger partial charge in [0.05, 0.1) is 6.54 Å². The van der Waals surface area contributed by atoms with E-state index < -0.39 is 6.04 Å². The SMILES string of the molecule is O=C(NC1CC1)[C@H](NCc1ccc(-c2ccc(Cl)cc2)o1)c1ccccc1. The standard InChI is InChI=1S/C22H21ClN2O2/c23-17-8-6-15(7-9-17)20-13-12-19(27-20)14-24-21(16-4-2-1-3-5-16)22(26)25-18-10-11-18/h1-9,12-13,18,21,24H,10-11,14H2,(H,25,26)/t21-/m1/s1. The van der Waals surface area contributed by atoms with Crippen LogP contribution in [0.1, 0.15) is 30.2 Å². The Morgan fingerprint density at radius 3 is 2.48 bits per heavy atom. The first kappa shape index (κ1) is 17.8. The van der Waals surface area contributed by atoms with Crippen LogP contribution in [0.25, 0.3) is 11.3 Å². The van der Waals surface area contributed by atoms with Crippen LogP contribution in [-0.2, 0) is 11.3 Å². The van der Waals surface area contributed by atoms with Gasteiger partial charge in [-0.15, -0.1) is 0 Å². The van der Waals surface area contributed by atoms with E-state index in [4.69, 9.17) is 16.0 Å². The number of nitrogens with one attached hydrogen (secondary N) is 2. The number of carbonyl (C=O) groups is 1. The molecule has 5 heteroatoms. The molecule has 2 N–H and O–H groups in total. The third kappa shape index (κ3) is 4.59. The van der Waals surface area contributed by atoms with Crippen LogP contribution in [-0.4, -0.2) is 11.9 Å². The molecular formula is C22H21ClN2O2. The first-order chi connectivity index (χ1) is 13.2. The molecule has 1 saturated carbocycles. The minimum absolute atomic E-state index is 0.00757. The Morgan fingerprint density at radius 1 is 1.04 bits per heavy atom. The summed E-state index contributed by atoms with van der Waals surface area (Å²) in [6.07, 6.45) is 2.13. The number of hydrogen-bond donors (Lipinski definition) is 2. The van der Waals surface area contributed by atoms with Gasteiger partial charge < -0.3 is 9.73 Å². The maximum Gasteiger partial charge on any atom is 0.241 e. The van der Waals surface area contributed by atoms with Crippen molar-refractivity contribution in [2.24, 2.45) is 0 Å². The molecule has 1 heterocycles. The zero-order chi connectivity index (χ0) is 18.6. The van der Waals surface area contributed by atoms with Gasteiger partial charge in [0.2, 0.25) is 5.91 Å². The van der Waals surface area contributed by atoms with Crippen molar-refractivity contribution in [3.63, 3.8) is 0 Å². The third-order valence-electron chi connectivity index (χ3n) is 4.59. The predicted octanol–water partition coefficient (Wildman–Crippen LogP) is 4.71. The Hall–Kier alpha value is -2.56. The molecule has 0 bridgehead atoms. The number of carbonyl (C=O) groups excluding carboxylic acids is 1. The van der Waals surface area contributed by atoms with E-state index in [2.05, 4.69) is 10.6 Å². The Bertz CT molecular complexity index is 902. The summed E-state index contributed by atoms with van der Waals surface area (Å²) in [7, 11) is 0. The second-order valence-electron chi connectivity index (χ2n) is 6.78. The van der Waals surface area contributed by atoms with Crippen LogP contribution in [0.15, 0.2) is 71.1 Å². The molecule has 1 fully saturated rings. The molecule has 138 valence electrons. The number of rotatable bonds is 7. The second kappa shape index (κ2) is 7.99. The zero-order valence-corrected chi connectivity index (χ0v) is 15.6. The monoisotopic (exact) mass is 380 g/mol. The number of benzene rings is 2. The van der Waals surface area contributed by atoms with Crippen LogP contribution in [0.4, 0.5) is 0 Å². The van der Waals surface area contributed by atoms with Crippen LogP contribution >= 0.6 is 11.6 Å². The van der Waals surface area contributed by atoms with Crippen LogP contribution in [0.3, 0.4) is 0 Å². The molecule has 0 radical (unpaired) electrons. The van der Waals surface area contributed by atoms with Crippen LogP contribution in [0.5, 0.6) is 0 Å². The Kier molecular flexibility index (Phi) is 5.28. The molecule has 4 rings (SSSR count). The van der Waals surface area contributed by atoms with Gasteiger partial charge in [-0.1, -0.05) is 41.9 Å². The van der Waals surface area contributed by atoms with Crippen molar-refractivity contribution < 1.29 is 9.21 Å². The van der Waals surface area contributed by atoms with Gasteiger partial charge in [-0.3, -0.25) is 10.1 Å². The molecule has 2 aromatic carbocycles. The summed E-state index contributed by atoms with van der Waals surface area (Å²) in [5.41, 5.74) is 1.91. The molecule has 1 amide bonds. The van der Waals surface area contributed by atoms with Gasteiger partial charge in [0.15, 0.2) is 0 Å². The van der Waals surface area contributed by atoms with Gasteiger partial charge >= 0.3 is 0 Å². The average Bonchev–Trinajstić information content (AvgIpc) is 3.37. The Labute approximate surface area is 163 Å². The molecule has 1 aliphatic rings. The molecule has 1 aliphatic carbocycles. The number of hydrogen-bond acceptors (Lipinski definition) is 3. The summed E-state index contributed by atoms with van der Waals surface area (Å²) >= 11 is 5.94. The minimum atomic E-state index is -0.407. The van der Waals surface area contributed by atoms with E-state index in [0.29, 0.717) is 17.6 Å². The van der Waals surface area contributed by atoms with Crippen molar-refractivity contribution in [2.45, 2.75) is 31.5 Å². The molecular weight excluding hydrogens is 360 g/mol. The van der Waals surface area contributed by atoms with E-state index >= 15 is 0 Å². The Morgan fingerprint density at radius 2 is 1.78 bits per heavy atom. The fraction of sp³-hybridized carbons (Fsp3) is 0.227. The van der Waals surface area contributed by atoms with Gasteiger partial charge in [-0.05, 0) is 54.8 Å². The molecule has 1 aromatic heterocycles. The van der Waals surface area contributed by atoms with Crippen molar-refractivity contribution in [3.8, 4) is 11.3 Å². The Balaban J connectivity index is 1.46.